The Bertz CT molecular complexity index is 587. The monoisotopic (exact) mass is 291 g/mol. The van der Waals surface area contributed by atoms with Crippen LogP contribution < -0.4 is 5.32 Å². The van der Waals surface area contributed by atoms with Crippen molar-refractivity contribution < 1.29 is 13.6 Å². The highest BCUT2D eigenvalue weighted by atomic mass is 16.4. The molecule has 114 valence electrons. The van der Waals surface area contributed by atoms with E-state index in [9.17, 15) is 4.79 Å². The zero-order chi connectivity index (χ0) is 15.2. The van der Waals surface area contributed by atoms with E-state index in [1.54, 1.807) is 12.3 Å². The van der Waals surface area contributed by atoms with E-state index >= 15 is 0 Å². The zero-order valence-corrected chi connectivity index (χ0v) is 12.7. The average molecular weight is 291 g/mol. The molecule has 0 saturated carbocycles. The second-order valence-corrected chi connectivity index (χ2v) is 5.42. The molecule has 2 aromatic heterocycles. The van der Waals surface area contributed by atoms with Gasteiger partial charge in [-0.1, -0.05) is 13.8 Å². The van der Waals surface area contributed by atoms with Crippen LogP contribution in [0.2, 0.25) is 0 Å². The van der Waals surface area contributed by atoms with Crippen molar-refractivity contribution in [2.45, 2.75) is 40.0 Å². The van der Waals surface area contributed by atoms with Gasteiger partial charge in [-0.2, -0.15) is 0 Å². The van der Waals surface area contributed by atoms with E-state index in [1.165, 1.54) is 0 Å². The Morgan fingerprint density at radius 1 is 1.38 bits per heavy atom. The number of carbonyl (C=O) groups is 1. The fourth-order valence-corrected chi connectivity index (χ4v) is 1.88. The van der Waals surface area contributed by atoms with Gasteiger partial charge < -0.3 is 14.2 Å². The second kappa shape index (κ2) is 7.06. The van der Waals surface area contributed by atoms with Crippen molar-refractivity contribution in [2.24, 2.45) is 5.92 Å². The normalized spacial score (nSPS) is 11.0. The SMILES string of the molecule is Cc1occc1-c1nnc(CCC(=O)NCCC(C)C)o1. The predicted molar refractivity (Wildman–Crippen MR) is 77.5 cm³/mol. The summed E-state index contributed by atoms with van der Waals surface area (Å²) in [5, 5.41) is 10.8. The smallest absolute Gasteiger partial charge is 0.251 e. The number of rotatable bonds is 7. The average Bonchev–Trinajstić information content (AvgIpc) is 3.04. The van der Waals surface area contributed by atoms with Crippen LogP contribution in [0.5, 0.6) is 0 Å². The summed E-state index contributed by atoms with van der Waals surface area (Å²) in [6.07, 6.45) is 3.36. The number of amides is 1. The summed E-state index contributed by atoms with van der Waals surface area (Å²) in [6.45, 7) is 6.80. The molecule has 0 saturated heterocycles. The third kappa shape index (κ3) is 4.44. The molecule has 0 bridgehead atoms. The van der Waals surface area contributed by atoms with Crippen molar-refractivity contribution in [2.75, 3.05) is 6.54 Å². The molecule has 2 aromatic rings. The molecule has 1 amide bonds. The molecule has 6 nitrogen and oxygen atoms in total. The molecular weight excluding hydrogens is 270 g/mol. The first-order chi connectivity index (χ1) is 10.1. The number of nitrogens with zero attached hydrogens (tertiary/aromatic N) is 2. The van der Waals surface area contributed by atoms with Crippen molar-refractivity contribution in [3.63, 3.8) is 0 Å². The topological polar surface area (TPSA) is 81.2 Å². The van der Waals surface area contributed by atoms with Crippen LogP contribution in [0.15, 0.2) is 21.2 Å². The molecule has 0 radical (unpaired) electrons. The van der Waals surface area contributed by atoms with Gasteiger partial charge in [0, 0.05) is 19.4 Å². The molecule has 6 heteroatoms. The molecule has 1 N–H and O–H groups in total. The van der Waals surface area contributed by atoms with Gasteiger partial charge in [-0.15, -0.1) is 10.2 Å². The van der Waals surface area contributed by atoms with Crippen molar-refractivity contribution >= 4 is 5.91 Å². The highest BCUT2D eigenvalue weighted by Crippen LogP contribution is 2.22. The summed E-state index contributed by atoms with van der Waals surface area (Å²) in [5.41, 5.74) is 0.787. The quantitative estimate of drug-likeness (QED) is 0.848. The van der Waals surface area contributed by atoms with Crippen LogP contribution in [-0.4, -0.2) is 22.6 Å². The molecule has 0 fully saturated rings. The van der Waals surface area contributed by atoms with Gasteiger partial charge in [0.25, 0.3) is 5.89 Å². The van der Waals surface area contributed by atoms with E-state index in [0.29, 0.717) is 37.1 Å². The summed E-state index contributed by atoms with van der Waals surface area (Å²) >= 11 is 0. The molecule has 0 aliphatic carbocycles. The number of aromatic nitrogens is 2. The Morgan fingerprint density at radius 3 is 2.86 bits per heavy atom. The van der Waals surface area contributed by atoms with Gasteiger partial charge in [-0.05, 0) is 25.3 Å². The molecule has 0 aromatic carbocycles. The first kappa shape index (κ1) is 15.3. The third-order valence-corrected chi connectivity index (χ3v) is 3.17. The Hall–Kier alpha value is -2.11. The van der Waals surface area contributed by atoms with E-state index in [2.05, 4.69) is 29.4 Å². The van der Waals surface area contributed by atoms with Gasteiger partial charge in [-0.25, -0.2) is 0 Å². The van der Waals surface area contributed by atoms with Crippen LogP contribution >= 0.6 is 0 Å². The van der Waals surface area contributed by atoms with Crippen LogP contribution in [0.1, 0.15) is 38.3 Å². The van der Waals surface area contributed by atoms with Crippen molar-refractivity contribution in [1.29, 1.82) is 0 Å². The minimum absolute atomic E-state index is 0.00916. The minimum Gasteiger partial charge on any atom is -0.469 e. The van der Waals surface area contributed by atoms with E-state index in [1.807, 2.05) is 6.92 Å². The maximum atomic E-state index is 11.7. The Morgan fingerprint density at radius 2 is 2.19 bits per heavy atom. The number of aryl methyl sites for hydroxylation is 2. The highest BCUT2D eigenvalue weighted by Gasteiger charge is 2.13. The van der Waals surface area contributed by atoms with Crippen LogP contribution in [0.4, 0.5) is 0 Å². The maximum Gasteiger partial charge on any atom is 0.251 e. The molecule has 0 atom stereocenters. The third-order valence-electron chi connectivity index (χ3n) is 3.17. The lowest BCUT2D eigenvalue weighted by molar-refractivity contribution is -0.121. The van der Waals surface area contributed by atoms with Crippen LogP contribution in [-0.2, 0) is 11.2 Å². The van der Waals surface area contributed by atoms with E-state index in [-0.39, 0.29) is 5.91 Å². The minimum atomic E-state index is 0.00916. The van der Waals surface area contributed by atoms with Crippen molar-refractivity contribution in [1.82, 2.24) is 15.5 Å². The van der Waals surface area contributed by atoms with Crippen LogP contribution in [0.3, 0.4) is 0 Å². The Labute approximate surface area is 123 Å². The lowest BCUT2D eigenvalue weighted by atomic mass is 10.1. The first-order valence-electron chi connectivity index (χ1n) is 7.20. The Balaban J connectivity index is 1.81. The molecule has 0 aliphatic rings. The van der Waals surface area contributed by atoms with Gasteiger partial charge in [0.05, 0.1) is 11.8 Å². The van der Waals surface area contributed by atoms with E-state index < -0.39 is 0 Å². The van der Waals surface area contributed by atoms with E-state index in [0.717, 1.165) is 17.7 Å². The molecule has 0 aliphatic heterocycles. The van der Waals surface area contributed by atoms with Crippen LogP contribution in [0, 0.1) is 12.8 Å². The molecule has 2 rings (SSSR count). The van der Waals surface area contributed by atoms with Crippen molar-refractivity contribution in [3.05, 3.63) is 24.0 Å². The lowest BCUT2D eigenvalue weighted by Gasteiger charge is -2.06. The summed E-state index contributed by atoms with van der Waals surface area (Å²) in [7, 11) is 0. The van der Waals surface area contributed by atoms with Crippen molar-refractivity contribution in [3.8, 4) is 11.5 Å². The molecule has 0 spiro atoms. The molecule has 21 heavy (non-hydrogen) atoms. The first-order valence-corrected chi connectivity index (χ1v) is 7.20. The highest BCUT2D eigenvalue weighted by molar-refractivity contribution is 5.75. The largest absolute Gasteiger partial charge is 0.469 e. The zero-order valence-electron chi connectivity index (χ0n) is 12.7. The number of nitrogens with one attached hydrogen (secondary N) is 1. The van der Waals surface area contributed by atoms with Gasteiger partial charge >= 0.3 is 0 Å². The molecular formula is C15H21N3O3. The summed E-state index contributed by atoms with van der Waals surface area (Å²) in [5.74, 6) is 2.22. The summed E-state index contributed by atoms with van der Waals surface area (Å²) in [6, 6.07) is 1.78. The number of furan rings is 1. The molecule has 2 heterocycles. The lowest BCUT2D eigenvalue weighted by Crippen LogP contribution is -2.25. The standard InChI is InChI=1S/C15H21N3O3/c1-10(2)6-8-16-13(19)4-5-14-17-18-15(21-14)12-7-9-20-11(12)3/h7,9-10H,4-6,8H2,1-3H3,(H,16,19). The maximum absolute atomic E-state index is 11.7. The van der Waals surface area contributed by atoms with E-state index in [4.69, 9.17) is 8.83 Å². The second-order valence-electron chi connectivity index (χ2n) is 5.42. The fraction of sp³-hybridized carbons (Fsp3) is 0.533. The number of hydrogen-bond donors (Lipinski definition) is 1. The number of carbonyl (C=O) groups excluding carboxylic acids is 1. The van der Waals surface area contributed by atoms with Gasteiger partial charge in [0.1, 0.15) is 5.76 Å². The van der Waals surface area contributed by atoms with Gasteiger partial charge in [0.15, 0.2) is 0 Å². The predicted octanol–water partition coefficient (Wildman–Crippen LogP) is 2.73. The fourth-order valence-electron chi connectivity index (χ4n) is 1.88. The Kier molecular flexibility index (Phi) is 5.14. The summed E-state index contributed by atoms with van der Waals surface area (Å²) < 4.78 is 10.7. The van der Waals surface area contributed by atoms with Crippen LogP contribution in [0.25, 0.3) is 11.5 Å². The number of hydrogen-bond acceptors (Lipinski definition) is 5. The van der Waals surface area contributed by atoms with Gasteiger partial charge in [-0.3, -0.25) is 4.79 Å². The van der Waals surface area contributed by atoms with Gasteiger partial charge in [0.2, 0.25) is 11.8 Å². The summed E-state index contributed by atoms with van der Waals surface area (Å²) in [4.78, 5) is 11.7. The molecule has 0 unspecified atom stereocenters.